The quantitative estimate of drug-likeness (QED) is 0.586. The van der Waals surface area contributed by atoms with Gasteiger partial charge in [-0.2, -0.15) is 0 Å². The van der Waals surface area contributed by atoms with Crippen LogP contribution in [-0.4, -0.2) is 11.7 Å². The number of amides is 1. The third-order valence-corrected chi connectivity index (χ3v) is 6.38. The zero-order valence-corrected chi connectivity index (χ0v) is 18.2. The van der Waals surface area contributed by atoms with Gasteiger partial charge in [0.05, 0.1) is 10.7 Å². The van der Waals surface area contributed by atoms with Crippen LogP contribution in [0.25, 0.3) is 0 Å². The van der Waals surface area contributed by atoms with E-state index in [4.69, 9.17) is 11.6 Å². The molecule has 0 N–H and O–H groups in total. The molecule has 1 heterocycles. The maximum atomic E-state index is 13.7. The van der Waals surface area contributed by atoms with Gasteiger partial charge in [-0.3, -0.25) is 14.5 Å². The molecule has 1 aliphatic carbocycles. The molecule has 1 amide bonds. The summed E-state index contributed by atoms with van der Waals surface area (Å²) in [6.45, 7) is 6.17. The minimum Gasteiger partial charge on any atom is -0.294 e. The number of aryl methyl sites for hydroxylation is 1. The average Bonchev–Trinajstić information content (AvgIpc) is 2.68. The molecule has 0 saturated carbocycles. The van der Waals surface area contributed by atoms with Gasteiger partial charge in [-0.15, -0.1) is 0 Å². The Balaban J connectivity index is 1.87. The Hall–Kier alpha value is -2.46. The fourth-order valence-electron chi connectivity index (χ4n) is 4.61. The van der Waals surface area contributed by atoms with E-state index in [2.05, 4.69) is 19.1 Å². The van der Waals surface area contributed by atoms with Crippen molar-refractivity contribution < 1.29 is 14.0 Å². The number of benzene rings is 2. The first-order valence-corrected chi connectivity index (χ1v) is 10.7. The highest BCUT2D eigenvalue weighted by Gasteiger charge is 2.44. The molecule has 156 valence electrons. The van der Waals surface area contributed by atoms with Crippen LogP contribution in [-0.2, 0) is 16.0 Å². The van der Waals surface area contributed by atoms with Crippen molar-refractivity contribution in [2.24, 2.45) is 5.41 Å². The Morgan fingerprint density at radius 3 is 2.43 bits per heavy atom. The second-order valence-electron chi connectivity index (χ2n) is 8.98. The number of anilines is 1. The van der Waals surface area contributed by atoms with Crippen LogP contribution < -0.4 is 4.90 Å². The summed E-state index contributed by atoms with van der Waals surface area (Å²) in [5, 5.41) is -0.0406. The van der Waals surface area contributed by atoms with Crippen LogP contribution in [0.3, 0.4) is 0 Å². The predicted octanol–water partition coefficient (Wildman–Crippen LogP) is 6.21. The molecular weight excluding hydrogens is 401 g/mol. The van der Waals surface area contributed by atoms with Crippen LogP contribution in [0, 0.1) is 11.2 Å². The predicted molar refractivity (Wildman–Crippen MR) is 117 cm³/mol. The van der Waals surface area contributed by atoms with E-state index in [1.165, 1.54) is 17.7 Å². The second-order valence-corrected chi connectivity index (χ2v) is 9.39. The van der Waals surface area contributed by atoms with Crippen LogP contribution in [0.5, 0.6) is 0 Å². The summed E-state index contributed by atoms with van der Waals surface area (Å²) in [4.78, 5) is 28.2. The SMILES string of the molecule is CCc1ccc(C2CC(=O)N(c3ccc(F)c(Cl)c3)C3=C2C(=O)CC(C)(C)C3)cc1. The number of carbonyl (C=O) groups excluding carboxylic acids is 2. The van der Waals surface area contributed by atoms with E-state index in [9.17, 15) is 14.0 Å². The van der Waals surface area contributed by atoms with Gasteiger partial charge in [0.25, 0.3) is 0 Å². The van der Waals surface area contributed by atoms with Crippen molar-refractivity contribution in [1.82, 2.24) is 0 Å². The molecule has 1 atom stereocenters. The monoisotopic (exact) mass is 425 g/mol. The molecule has 0 fully saturated rings. The van der Waals surface area contributed by atoms with Crippen molar-refractivity contribution in [2.45, 2.75) is 52.4 Å². The smallest absolute Gasteiger partial charge is 0.232 e. The van der Waals surface area contributed by atoms with Gasteiger partial charge in [-0.1, -0.05) is 56.6 Å². The highest BCUT2D eigenvalue weighted by atomic mass is 35.5. The topological polar surface area (TPSA) is 37.4 Å². The minimum absolute atomic E-state index is 0.0406. The molecule has 2 aromatic rings. The number of carbonyl (C=O) groups is 2. The molecule has 4 rings (SSSR count). The lowest BCUT2D eigenvalue weighted by atomic mass is 9.69. The Kier molecular flexibility index (Phi) is 5.31. The van der Waals surface area contributed by atoms with E-state index in [1.807, 2.05) is 26.0 Å². The molecule has 2 aliphatic rings. The lowest BCUT2D eigenvalue weighted by Crippen LogP contribution is -2.43. The van der Waals surface area contributed by atoms with Gasteiger partial charge in [0.2, 0.25) is 5.91 Å². The van der Waals surface area contributed by atoms with Crippen molar-refractivity contribution in [3.63, 3.8) is 0 Å². The highest BCUT2D eigenvalue weighted by Crippen LogP contribution is 2.48. The highest BCUT2D eigenvalue weighted by molar-refractivity contribution is 6.31. The lowest BCUT2D eigenvalue weighted by Gasteiger charge is -2.43. The van der Waals surface area contributed by atoms with Crippen molar-refractivity contribution in [3.05, 3.63) is 75.7 Å². The van der Waals surface area contributed by atoms with Gasteiger partial charge >= 0.3 is 0 Å². The number of hydrogen-bond acceptors (Lipinski definition) is 2. The first kappa shape index (κ1) is 20.8. The van der Waals surface area contributed by atoms with E-state index < -0.39 is 5.82 Å². The van der Waals surface area contributed by atoms with E-state index in [-0.39, 0.29) is 34.5 Å². The Morgan fingerprint density at radius 1 is 1.10 bits per heavy atom. The van der Waals surface area contributed by atoms with E-state index in [0.29, 0.717) is 24.1 Å². The minimum atomic E-state index is -0.534. The summed E-state index contributed by atoms with van der Waals surface area (Å²) >= 11 is 6.00. The van der Waals surface area contributed by atoms with Crippen molar-refractivity contribution >= 4 is 29.0 Å². The third-order valence-electron chi connectivity index (χ3n) is 6.09. The Morgan fingerprint density at radius 2 is 1.80 bits per heavy atom. The van der Waals surface area contributed by atoms with Gasteiger partial charge in [0, 0.05) is 30.0 Å². The normalized spacial score (nSPS) is 21.1. The van der Waals surface area contributed by atoms with Gasteiger partial charge in [-0.25, -0.2) is 4.39 Å². The van der Waals surface area contributed by atoms with E-state index >= 15 is 0 Å². The average molecular weight is 426 g/mol. The molecule has 0 saturated heterocycles. The maximum Gasteiger partial charge on any atom is 0.232 e. The van der Waals surface area contributed by atoms with E-state index in [0.717, 1.165) is 17.7 Å². The molecule has 0 spiro atoms. The molecule has 3 nitrogen and oxygen atoms in total. The maximum absolute atomic E-state index is 13.7. The van der Waals surface area contributed by atoms with Crippen LogP contribution >= 0.6 is 11.6 Å². The zero-order chi connectivity index (χ0) is 21.6. The number of nitrogens with zero attached hydrogens (tertiary/aromatic N) is 1. The lowest BCUT2D eigenvalue weighted by molar-refractivity contribution is -0.121. The van der Waals surface area contributed by atoms with Gasteiger partial charge in [0.1, 0.15) is 5.82 Å². The van der Waals surface area contributed by atoms with Gasteiger partial charge < -0.3 is 0 Å². The largest absolute Gasteiger partial charge is 0.294 e. The van der Waals surface area contributed by atoms with Crippen LogP contribution in [0.2, 0.25) is 5.02 Å². The molecule has 1 unspecified atom stereocenters. The number of rotatable bonds is 3. The summed E-state index contributed by atoms with van der Waals surface area (Å²) in [7, 11) is 0. The summed E-state index contributed by atoms with van der Waals surface area (Å²) in [5.41, 5.74) is 3.88. The van der Waals surface area contributed by atoms with Crippen molar-refractivity contribution in [2.75, 3.05) is 4.90 Å². The molecule has 5 heteroatoms. The van der Waals surface area contributed by atoms with Crippen molar-refractivity contribution in [3.8, 4) is 0 Å². The summed E-state index contributed by atoms with van der Waals surface area (Å²) < 4.78 is 13.7. The molecule has 2 aromatic carbocycles. The summed E-state index contributed by atoms with van der Waals surface area (Å²) in [6, 6.07) is 12.4. The fourth-order valence-corrected chi connectivity index (χ4v) is 4.78. The fraction of sp³-hybridized carbons (Fsp3) is 0.360. The molecular formula is C25H25ClFNO2. The molecule has 0 aromatic heterocycles. The third kappa shape index (κ3) is 3.69. The molecule has 30 heavy (non-hydrogen) atoms. The summed E-state index contributed by atoms with van der Waals surface area (Å²) in [5.74, 6) is -0.815. The van der Waals surface area contributed by atoms with Crippen molar-refractivity contribution in [1.29, 1.82) is 0 Å². The second kappa shape index (κ2) is 7.66. The Bertz CT molecular complexity index is 1060. The standard InChI is InChI=1S/C25H25ClFNO2/c1-4-15-5-7-16(8-6-15)18-12-23(30)28(17-9-10-20(27)19(26)11-17)21-13-25(2,3)14-22(29)24(18)21/h5-11,18H,4,12-14H2,1-3H3. The number of halogens is 2. The number of ketones is 1. The van der Waals surface area contributed by atoms with Crippen LogP contribution in [0.15, 0.2) is 53.7 Å². The molecule has 1 aliphatic heterocycles. The number of Topliss-reactive ketones (excluding diaryl/α,β-unsaturated/α-hetero) is 1. The first-order chi connectivity index (χ1) is 14.2. The Labute approximate surface area is 181 Å². The summed E-state index contributed by atoms with van der Waals surface area (Å²) in [6.07, 6.45) is 2.18. The van der Waals surface area contributed by atoms with Gasteiger partial charge in [0.15, 0.2) is 5.78 Å². The van der Waals surface area contributed by atoms with Gasteiger partial charge in [-0.05, 0) is 47.6 Å². The van der Waals surface area contributed by atoms with Crippen LogP contribution in [0.4, 0.5) is 10.1 Å². The number of allylic oxidation sites excluding steroid dienone is 2. The first-order valence-electron chi connectivity index (χ1n) is 10.3. The molecule has 0 radical (unpaired) electrons. The van der Waals surface area contributed by atoms with E-state index in [1.54, 1.807) is 11.0 Å². The zero-order valence-electron chi connectivity index (χ0n) is 17.5. The van der Waals surface area contributed by atoms with Crippen LogP contribution in [0.1, 0.15) is 57.1 Å². The molecule has 0 bridgehead atoms. The number of hydrogen-bond donors (Lipinski definition) is 0.